The van der Waals surface area contributed by atoms with Gasteiger partial charge in [-0.05, 0) is 18.7 Å². The Kier molecular flexibility index (Phi) is 6.31. The molecule has 2 heterocycles. The molecule has 6 heteroatoms. The highest BCUT2D eigenvalue weighted by Crippen LogP contribution is 2.30. The lowest BCUT2D eigenvalue weighted by Crippen LogP contribution is -2.49. The van der Waals surface area contributed by atoms with Gasteiger partial charge in [0.05, 0.1) is 19.3 Å². The lowest BCUT2D eigenvalue weighted by atomic mass is 10.2. The number of para-hydroxylation sites is 2. The van der Waals surface area contributed by atoms with Crippen LogP contribution in [0.4, 0.5) is 0 Å². The molecule has 2 aliphatic heterocycles. The zero-order valence-corrected chi connectivity index (χ0v) is 14.4. The molecule has 0 spiro atoms. The van der Waals surface area contributed by atoms with Gasteiger partial charge in [-0.1, -0.05) is 19.1 Å². The Morgan fingerprint density at radius 1 is 1.17 bits per heavy atom. The summed E-state index contributed by atoms with van der Waals surface area (Å²) in [5, 5.41) is 10.2. The normalized spacial score (nSPS) is 23.2. The van der Waals surface area contributed by atoms with Crippen molar-refractivity contribution in [2.45, 2.75) is 19.1 Å². The van der Waals surface area contributed by atoms with E-state index in [1.807, 2.05) is 24.3 Å². The Balaban J connectivity index is 1.32. The third kappa shape index (κ3) is 4.83. The first kappa shape index (κ1) is 17.5. The fourth-order valence-corrected chi connectivity index (χ4v) is 3.12. The molecule has 0 saturated carbocycles. The molecule has 6 nitrogen and oxygen atoms in total. The van der Waals surface area contributed by atoms with Crippen LogP contribution in [0.2, 0.25) is 0 Å². The number of hydrogen-bond donors (Lipinski definition) is 1. The number of fused-ring (bicyclic) bond motifs is 1. The van der Waals surface area contributed by atoms with E-state index in [1.54, 1.807) is 0 Å². The number of hydrogen-bond acceptors (Lipinski definition) is 6. The molecule has 134 valence electrons. The first-order valence-electron chi connectivity index (χ1n) is 8.83. The summed E-state index contributed by atoms with van der Waals surface area (Å²) >= 11 is 0. The second-order valence-electron chi connectivity index (χ2n) is 6.42. The third-order valence-corrected chi connectivity index (χ3v) is 4.56. The van der Waals surface area contributed by atoms with Gasteiger partial charge in [-0.2, -0.15) is 0 Å². The van der Waals surface area contributed by atoms with Crippen LogP contribution in [0.3, 0.4) is 0 Å². The van der Waals surface area contributed by atoms with Crippen LogP contribution in [-0.2, 0) is 4.74 Å². The first-order chi connectivity index (χ1) is 11.7. The van der Waals surface area contributed by atoms with E-state index in [2.05, 4.69) is 16.7 Å². The van der Waals surface area contributed by atoms with E-state index in [-0.39, 0.29) is 6.10 Å². The molecule has 0 aliphatic carbocycles. The van der Waals surface area contributed by atoms with Gasteiger partial charge >= 0.3 is 0 Å². The number of ether oxygens (including phenoxy) is 3. The molecule has 0 amide bonds. The van der Waals surface area contributed by atoms with Crippen molar-refractivity contribution in [1.82, 2.24) is 9.80 Å². The zero-order chi connectivity index (χ0) is 16.8. The molecular weight excluding hydrogens is 308 g/mol. The number of β-amino-alcohol motifs (C(OH)–C–C–N with tert-alkyl or cyclic N) is 1. The van der Waals surface area contributed by atoms with Crippen LogP contribution in [-0.4, -0.2) is 86.2 Å². The maximum Gasteiger partial charge on any atom is 0.161 e. The van der Waals surface area contributed by atoms with Crippen molar-refractivity contribution < 1.29 is 19.3 Å². The first-order valence-corrected chi connectivity index (χ1v) is 8.83. The quantitative estimate of drug-likeness (QED) is 0.796. The Morgan fingerprint density at radius 3 is 2.62 bits per heavy atom. The standard InChI is InChI=1S/C18H28N2O4/c1-2-19-7-9-20(10-8-19)11-15(21)12-22-13-16-14-23-17-5-3-4-6-18(17)24-16/h3-6,15-16,21H,2,7-14H2,1H3/t15-,16+/m0/s1. The summed E-state index contributed by atoms with van der Waals surface area (Å²) in [6, 6.07) is 7.64. The van der Waals surface area contributed by atoms with Crippen molar-refractivity contribution in [3.63, 3.8) is 0 Å². The second kappa shape index (κ2) is 8.67. The predicted molar refractivity (Wildman–Crippen MR) is 91.7 cm³/mol. The smallest absolute Gasteiger partial charge is 0.161 e. The average Bonchev–Trinajstić information content (AvgIpc) is 2.62. The van der Waals surface area contributed by atoms with Crippen molar-refractivity contribution in [3.05, 3.63) is 24.3 Å². The molecule has 0 bridgehead atoms. The van der Waals surface area contributed by atoms with E-state index >= 15 is 0 Å². The molecule has 1 saturated heterocycles. The summed E-state index contributed by atoms with van der Waals surface area (Å²) in [5.74, 6) is 1.53. The Morgan fingerprint density at radius 2 is 1.88 bits per heavy atom. The Labute approximate surface area is 143 Å². The van der Waals surface area contributed by atoms with Crippen LogP contribution >= 0.6 is 0 Å². The van der Waals surface area contributed by atoms with Gasteiger partial charge in [-0.25, -0.2) is 0 Å². The van der Waals surface area contributed by atoms with Crippen LogP contribution in [0, 0.1) is 0 Å². The minimum absolute atomic E-state index is 0.125. The van der Waals surface area contributed by atoms with Crippen LogP contribution in [0.5, 0.6) is 11.5 Å². The van der Waals surface area contributed by atoms with Gasteiger partial charge in [0.15, 0.2) is 17.6 Å². The third-order valence-electron chi connectivity index (χ3n) is 4.56. The lowest BCUT2D eigenvalue weighted by Gasteiger charge is -2.35. The summed E-state index contributed by atoms with van der Waals surface area (Å²) in [6.07, 6.45) is -0.588. The zero-order valence-electron chi connectivity index (χ0n) is 14.4. The number of nitrogens with zero attached hydrogens (tertiary/aromatic N) is 2. The molecule has 2 atom stereocenters. The molecule has 1 N–H and O–H groups in total. The van der Waals surface area contributed by atoms with E-state index in [0.29, 0.717) is 26.4 Å². The van der Waals surface area contributed by atoms with E-state index in [9.17, 15) is 5.11 Å². The molecule has 3 rings (SSSR count). The monoisotopic (exact) mass is 336 g/mol. The highest BCUT2D eigenvalue weighted by Gasteiger charge is 2.22. The summed E-state index contributed by atoms with van der Waals surface area (Å²) in [5.41, 5.74) is 0. The van der Waals surface area contributed by atoms with E-state index in [1.165, 1.54) is 0 Å². The lowest BCUT2D eigenvalue weighted by molar-refractivity contribution is -0.0319. The van der Waals surface area contributed by atoms with Crippen LogP contribution < -0.4 is 9.47 Å². The van der Waals surface area contributed by atoms with Gasteiger partial charge in [-0.3, -0.25) is 4.90 Å². The highest BCUT2D eigenvalue weighted by molar-refractivity contribution is 5.40. The molecule has 0 radical (unpaired) electrons. The van der Waals surface area contributed by atoms with Gasteiger partial charge in [0, 0.05) is 32.7 Å². The number of benzene rings is 1. The summed E-state index contributed by atoms with van der Waals surface area (Å²) in [4.78, 5) is 4.73. The van der Waals surface area contributed by atoms with Gasteiger partial charge in [0.2, 0.25) is 0 Å². The number of likely N-dealkylation sites (N-methyl/N-ethyl adjacent to an activating group) is 1. The molecule has 1 aromatic carbocycles. The fraction of sp³-hybridized carbons (Fsp3) is 0.667. The van der Waals surface area contributed by atoms with Gasteiger partial charge in [0.25, 0.3) is 0 Å². The molecule has 24 heavy (non-hydrogen) atoms. The van der Waals surface area contributed by atoms with Crippen molar-refractivity contribution in [2.75, 3.05) is 59.1 Å². The number of aliphatic hydroxyl groups excluding tert-OH is 1. The van der Waals surface area contributed by atoms with Crippen LogP contribution in [0.15, 0.2) is 24.3 Å². The summed E-state index contributed by atoms with van der Waals surface area (Å²) < 4.78 is 17.1. The molecule has 1 fully saturated rings. The van der Waals surface area contributed by atoms with E-state index in [0.717, 1.165) is 44.2 Å². The highest BCUT2D eigenvalue weighted by atomic mass is 16.6. The molecule has 0 unspecified atom stereocenters. The average molecular weight is 336 g/mol. The Hall–Kier alpha value is -1.34. The molecular formula is C18H28N2O4. The van der Waals surface area contributed by atoms with Crippen LogP contribution in [0.1, 0.15) is 6.92 Å². The maximum absolute atomic E-state index is 10.2. The van der Waals surface area contributed by atoms with Crippen LogP contribution in [0.25, 0.3) is 0 Å². The summed E-state index contributed by atoms with van der Waals surface area (Å²) in [6.45, 7) is 9.38. The SMILES string of the molecule is CCN1CCN(C[C@H](O)COC[C@@H]2COc3ccccc3O2)CC1. The topological polar surface area (TPSA) is 54.4 Å². The maximum atomic E-state index is 10.2. The van der Waals surface area contributed by atoms with Crippen molar-refractivity contribution in [2.24, 2.45) is 0 Å². The second-order valence-corrected chi connectivity index (χ2v) is 6.42. The number of piperazine rings is 1. The minimum Gasteiger partial charge on any atom is -0.486 e. The van der Waals surface area contributed by atoms with Crippen molar-refractivity contribution in [1.29, 1.82) is 0 Å². The number of aliphatic hydroxyl groups is 1. The fourth-order valence-electron chi connectivity index (χ4n) is 3.12. The van der Waals surface area contributed by atoms with Gasteiger partial charge in [-0.15, -0.1) is 0 Å². The van der Waals surface area contributed by atoms with E-state index < -0.39 is 6.10 Å². The Bertz CT molecular complexity index is 506. The molecule has 1 aromatic rings. The minimum atomic E-state index is -0.463. The van der Waals surface area contributed by atoms with Gasteiger partial charge < -0.3 is 24.2 Å². The van der Waals surface area contributed by atoms with Crippen molar-refractivity contribution in [3.8, 4) is 11.5 Å². The largest absolute Gasteiger partial charge is 0.486 e. The van der Waals surface area contributed by atoms with E-state index in [4.69, 9.17) is 14.2 Å². The molecule has 2 aliphatic rings. The van der Waals surface area contributed by atoms with Gasteiger partial charge in [0.1, 0.15) is 6.61 Å². The predicted octanol–water partition coefficient (Wildman–Crippen LogP) is 0.841. The number of rotatable bonds is 7. The molecule has 0 aromatic heterocycles. The summed E-state index contributed by atoms with van der Waals surface area (Å²) in [7, 11) is 0. The van der Waals surface area contributed by atoms with Crippen molar-refractivity contribution >= 4 is 0 Å².